The number of carboxylic acid groups (broad SMARTS) is 1. The summed E-state index contributed by atoms with van der Waals surface area (Å²) in [5, 5.41) is 11.6. The lowest BCUT2D eigenvalue weighted by Gasteiger charge is -2.37. The molecule has 0 spiro atoms. The molecular formula is C30H32FNO5. The number of rotatable bonds is 8. The number of carboxylic acids is 1. The van der Waals surface area contributed by atoms with Gasteiger partial charge in [-0.1, -0.05) is 24.3 Å². The lowest BCUT2D eigenvalue weighted by Crippen LogP contribution is -2.36. The van der Waals surface area contributed by atoms with Crippen LogP contribution in [0, 0.1) is 19.8 Å². The SMILES string of the molecule is Cc1c(-c2cc(C(=O)O)c3c(OCC4CCC(C)(OCCF)CC4)ccc(C)c3n2)oc2ccccc12. The molecule has 5 rings (SSSR count). The predicted molar refractivity (Wildman–Crippen MR) is 141 cm³/mol. The van der Waals surface area contributed by atoms with E-state index in [0.717, 1.165) is 47.8 Å². The first kappa shape index (κ1) is 25.2. The number of ether oxygens (including phenoxy) is 2. The Kier molecular flexibility index (Phi) is 6.90. The molecule has 0 atom stereocenters. The number of pyridine rings is 1. The van der Waals surface area contributed by atoms with Gasteiger partial charge in [0.05, 0.1) is 35.3 Å². The van der Waals surface area contributed by atoms with Crippen molar-refractivity contribution in [2.45, 2.75) is 52.1 Å². The van der Waals surface area contributed by atoms with Crippen molar-refractivity contribution in [3.05, 3.63) is 59.2 Å². The van der Waals surface area contributed by atoms with Crippen LogP contribution in [0.2, 0.25) is 0 Å². The van der Waals surface area contributed by atoms with Gasteiger partial charge in [-0.05, 0) is 76.1 Å². The molecule has 2 aromatic carbocycles. The monoisotopic (exact) mass is 505 g/mol. The summed E-state index contributed by atoms with van der Waals surface area (Å²) in [6.45, 7) is 6.05. The van der Waals surface area contributed by atoms with Crippen molar-refractivity contribution in [1.82, 2.24) is 4.98 Å². The van der Waals surface area contributed by atoms with Crippen molar-refractivity contribution in [3.63, 3.8) is 0 Å². The first-order valence-corrected chi connectivity index (χ1v) is 12.8. The van der Waals surface area contributed by atoms with Crippen LogP contribution >= 0.6 is 0 Å². The number of aromatic carboxylic acids is 1. The van der Waals surface area contributed by atoms with E-state index >= 15 is 0 Å². The van der Waals surface area contributed by atoms with Crippen LogP contribution in [0.1, 0.15) is 54.1 Å². The molecule has 0 saturated heterocycles. The van der Waals surface area contributed by atoms with E-state index in [2.05, 4.69) is 0 Å². The van der Waals surface area contributed by atoms with Gasteiger partial charge in [-0.3, -0.25) is 0 Å². The van der Waals surface area contributed by atoms with E-state index < -0.39 is 12.6 Å². The third-order valence-corrected chi connectivity index (χ3v) is 7.60. The molecule has 7 heteroatoms. The van der Waals surface area contributed by atoms with Crippen LogP contribution in [-0.2, 0) is 4.74 Å². The van der Waals surface area contributed by atoms with Crippen molar-refractivity contribution >= 4 is 27.8 Å². The fourth-order valence-corrected chi connectivity index (χ4v) is 5.36. The highest BCUT2D eigenvalue weighted by Crippen LogP contribution is 2.39. The molecule has 1 fully saturated rings. The Morgan fingerprint density at radius 2 is 1.95 bits per heavy atom. The maximum absolute atomic E-state index is 12.5. The molecule has 6 nitrogen and oxygen atoms in total. The van der Waals surface area contributed by atoms with Crippen LogP contribution in [0.15, 0.2) is 46.9 Å². The molecule has 0 amide bonds. The van der Waals surface area contributed by atoms with E-state index in [9.17, 15) is 14.3 Å². The molecule has 4 aromatic rings. The fourth-order valence-electron chi connectivity index (χ4n) is 5.36. The second-order valence-corrected chi connectivity index (χ2v) is 10.3. The quantitative estimate of drug-likeness (QED) is 0.271. The molecule has 0 unspecified atom stereocenters. The van der Waals surface area contributed by atoms with Crippen LogP contribution in [0.4, 0.5) is 4.39 Å². The molecule has 37 heavy (non-hydrogen) atoms. The van der Waals surface area contributed by atoms with Crippen molar-refractivity contribution in [3.8, 4) is 17.2 Å². The lowest BCUT2D eigenvalue weighted by molar-refractivity contribution is -0.0707. The van der Waals surface area contributed by atoms with E-state index in [1.165, 1.54) is 0 Å². The Hall–Kier alpha value is -3.45. The van der Waals surface area contributed by atoms with Gasteiger partial charge in [0.1, 0.15) is 23.7 Å². The molecule has 194 valence electrons. The van der Waals surface area contributed by atoms with Gasteiger partial charge in [0, 0.05) is 10.9 Å². The highest BCUT2D eigenvalue weighted by molar-refractivity contribution is 6.07. The van der Waals surface area contributed by atoms with Gasteiger partial charge in [0.25, 0.3) is 0 Å². The number of aromatic nitrogens is 1. The van der Waals surface area contributed by atoms with Crippen molar-refractivity contribution in [2.75, 3.05) is 19.9 Å². The zero-order valence-corrected chi connectivity index (χ0v) is 21.5. The topological polar surface area (TPSA) is 81.8 Å². The number of hydrogen-bond acceptors (Lipinski definition) is 5. The Labute approximate surface area is 215 Å². The number of hydrogen-bond donors (Lipinski definition) is 1. The third-order valence-electron chi connectivity index (χ3n) is 7.60. The summed E-state index contributed by atoms with van der Waals surface area (Å²) in [5.41, 5.74) is 3.44. The van der Waals surface area contributed by atoms with E-state index in [-0.39, 0.29) is 17.8 Å². The molecule has 2 heterocycles. The highest BCUT2D eigenvalue weighted by atomic mass is 19.1. The van der Waals surface area contributed by atoms with Crippen LogP contribution in [0.3, 0.4) is 0 Å². The summed E-state index contributed by atoms with van der Waals surface area (Å²) in [6.07, 6.45) is 3.51. The Bertz CT molecular complexity index is 1450. The van der Waals surface area contributed by atoms with Crippen molar-refractivity contribution < 1.29 is 28.2 Å². The zero-order chi connectivity index (χ0) is 26.2. The van der Waals surface area contributed by atoms with Gasteiger partial charge in [-0.15, -0.1) is 0 Å². The van der Waals surface area contributed by atoms with Gasteiger partial charge in [-0.2, -0.15) is 0 Å². The van der Waals surface area contributed by atoms with E-state index in [1.807, 2.05) is 57.2 Å². The molecule has 1 N–H and O–H groups in total. The molecule has 1 aliphatic carbocycles. The van der Waals surface area contributed by atoms with E-state index in [0.29, 0.717) is 40.6 Å². The van der Waals surface area contributed by atoms with Gasteiger partial charge >= 0.3 is 5.97 Å². The zero-order valence-electron chi connectivity index (χ0n) is 21.5. The minimum absolute atomic E-state index is 0.132. The number of para-hydroxylation sites is 1. The normalized spacial score (nSPS) is 19.9. The number of furan rings is 1. The van der Waals surface area contributed by atoms with Gasteiger partial charge in [-0.25, -0.2) is 14.2 Å². The number of fused-ring (bicyclic) bond motifs is 2. The molecule has 1 aliphatic rings. The van der Waals surface area contributed by atoms with Gasteiger partial charge < -0.3 is 19.0 Å². The molecule has 0 bridgehead atoms. The summed E-state index contributed by atoms with van der Waals surface area (Å²) in [6, 6.07) is 13.0. The van der Waals surface area contributed by atoms with Crippen LogP contribution in [0.5, 0.6) is 5.75 Å². The van der Waals surface area contributed by atoms with E-state index in [4.69, 9.17) is 18.9 Å². The van der Waals surface area contributed by atoms with Crippen LogP contribution in [-0.4, -0.2) is 41.5 Å². The molecule has 0 radical (unpaired) electrons. The standard InChI is InChI=1S/C30H32FNO5/c1-18-8-9-25(35-17-20-10-12-30(3,13-11-20)36-15-14-31)26-22(29(33)34)16-23(32-27(18)26)28-19(2)21-6-4-5-7-24(21)37-28/h4-9,16,20H,10-15,17H2,1-3H3,(H,33,34). The van der Waals surface area contributed by atoms with Crippen LogP contribution < -0.4 is 4.74 Å². The largest absolute Gasteiger partial charge is 0.493 e. The maximum atomic E-state index is 12.5. The first-order valence-electron chi connectivity index (χ1n) is 12.8. The second-order valence-electron chi connectivity index (χ2n) is 10.3. The number of alkyl halides is 1. The summed E-state index contributed by atoms with van der Waals surface area (Å²) in [5.74, 6) is 0.352. The number of halogens is 1. The Balaban J connectivity index is 1.46. The first-order chi connectivity index (χ1) is 17.8. The summed E-state index contributed by atoms with van der Waals surface area (Å²) >= 11 is 0. The lowest BCUT2D eigenvalue weighted by atomic mass is 9.80. The third kappa shape index (κ3) is 4.92. The summed E-state index contributed by atoms with van der Waals surface area (Å²) in [4.78, 5) is 17.3. The number of nitrogens with zero attached hydrogens (tertiary/aromatic N) is 1. The van der Waals surface area contributed by atoms with Crippen molar-refractivity contribution in [1.29, 1.82) is 0 Å². The highest BCUT2D eigenvalue weighted by Gasteiger charge is 2.32. The molecular weight excluding hydrogens is 473 g/mol. The van der Waals surface area contributed by atoms with E-state index in [1.54, 1.807) is 6.07 Å². The summed E-state index contributed by atoms with van der Waals surface area (Å²) < 4.78 is 30.6. The smallest absolute Gasteiger partial charge is 0.336 e. The van der Waals surface area contributed by atoms with Crippen LogP contribution in [0.25, 0.3) is 33.3 Å². The summed E-state index contributed by atoms with van der Waals surface area (Å²) in [7, 11) is 0. The predicted octanol–water partition coefficient (Wildman–Crippen LogP) is 7.28. The number of benzene rings is 2. The molecule has 2 aromatic heterocycles. The number of aryl methyl sites for hydroxylation is 2. The average molecular weight is 506 g/mol. The minimum atomic E-state index is -1.05. The van der Waals surface area contributed by atoms with Crippen molar-refractivity contribution in [2.24, 2.45) is 5.92 Å². The van der Waals surface area contributed by atoms with Gasteiger partial charge in [0.2, 0.25) is 0 Å². The fraction of sp³-hybridized carbons (Fsp3) is 0.400. The molecule has 1 saturated carbocycles. The second kappa shape index (κ2) is 10.1. The maximum Gasteiger partial charge on any atom is 0.336 e. The Morgan fingerprint density at radius 3 is 2.65 bits per heavy atom. The minimum Gasteiger partial charge on any atom is -0.493 e. The average Bonchev–Trinajstić information content (AvgIpc) is 3.24. The van der Waals surface area contributed by atoms with Gasteiger partial charge in [0.15, 0.2) is 5.76 Å². The Morgan fingerprint density at radius 1 is 1.19 bits per heavy atom. The molecule has 0 aliphatic heterocycles. The number of carbonyl (C=O) groups is 1.